The molecule has 2 rings (SSSR count). The smallest absolute Gasteiger partial charge is 0.0723 e. The normalized spacial score (nSPS) is 22.6. The summed E-state index contributed by atoms with van der Waals surface area (Å²) in [5, 5.41) is 3.37. The lowest BCUT2D eigenvalue weighted by Crippen LogP contribution is -2.47. The number of hydrogen-bond acceptors (Lipinski definition) is 4. The second kappa shape index (κ2) is 8.13. The molecule has 0 bridgehead atoms. The largest absolute Gasteiger partial charge is 0.383 e. The van der Waals surface area contributed by atoms with Gasteiger partial charge < -0.3 is 19.7 Å². The number of ether oxygens (including phenoxy) is 2. The third-order valence-electron chi connectivity index (χ3n) is 3.74. The summed E-state index contributed by atoms with van der Waals surface area (Å²) in [6.07, 6.45) is 0.281. The van der Waals surface area contributed by atoms with E-state index in [0.717, 1.165) is 37.3 Å². The molecule has 0 radical (unpaired) electrons. The van der Waals surface area contributed by atoms with E-state index >= 15 is 0 Å². The Kier molecular flexibility index (Phi) is 6.48. The second-order valence-corrected chi connectivity index (χ2v) is 6.46. The van der Waals surface area contributed by atoms with Crippen LogP contribution >= 0.6 is 15.9 Å². The van der Waals surface area contributed by atoms with Gasteiger partial charge in [0, 0.05) is 37.3 Å². The van der Waals surface area contributed by atoms with Gasteiger partial charge in [0.05, 0.1) is 25.0 Å². The Morgan fingerprint density at radius 2 is 2.24 bits per heavy atom. The van der Waals surface area contributed by atoms with E-state index < -0.39 is 0 Å². The molecule has 5 heteroatoms. The monoisotopic (exact) mass is 356 g/mol. The Hall–Kier alpha value is -0.620. The van der Waals surface area contributed by atoms with Crippen LogP contribution in [-0.2, 0) is 16.0 Å². The first-order chi connectivity index (χ1) is 10.1. The van der Waals surface area contributed by atoms with Gasteiger partial charge in [0.25, 0.3) is 0 Å². The predicted molar refractivity (Wildman–Crippen MR) is 89.9 cm³/mol. The maximum Gasteiger partial charge on any atom is 0.0723 e. The number of morpholine rings is 1. The Labute approximate surface area is 135 Å². The van der Waals surface area contributed by atoms with Crippen molar-refractivity contribution < 1.29 is 9.47 Å². The Morgan fingerprint density at radius 1 is 1.43 bits per heavy atom. The van der Waals surface area contributed by atoms with E-state index in [0.29, 0.717) is 6.04 Å². The SMILES string of the molecule is COCCNCc1ccc(N2CC(C)OCC2C)c(Br)c1. The van der Waals surface area contributed by atoms with Gasteiger partial charge in [-0.1, -0.05) is 6.07 Å². The van der Waals surface area contributed by atoms with Crippen LogP contribution in [-0.4, -0.2) is 45.6 Å². The summed E-state index contributed by atoms with van der Waals surface area (Å²) in [6, 6.07) is 6.99. The van der Waals surface area contributed by atoms with Crippen LogP contribution in [0.15, 0.2) is 22.7 Å². The van der Waals surface area contributed by atoms with Gasteiger partial charge in [-0.15, -0.1) is 0 Å². The minimum Gasteiger partial charge on any atom is -0.383 e. The van der Waals surface area contributed by atoms with Crippen LogP contribution < -0.4 is 10.2 Å². The van der Waals surface area contributed by atoms with E-state index in [4.69, 9.17) is 9.47 Å². The minimum absolute atomic E-state index is 0.281. The molecule has 118 valence electrons. The Balaban J connectivity index is 2.01. The quantitative estimate of drug-likeness (QED) is 0.794. The van der Waals surface area contributed by atoms with E-state index in [1.165, 1.54) is 11.3 Å². The summed E-state index contributed by atoms with van der Waals surface area (Å²) in [5.41, 5.74) is 2.52. The molecule has 21 heavy (non-hydrogen) atoms. The molecule has 1 aliphatic rings. The van der Waals surface area contributed by atoms with Crippen LogP contribution in [0.5, 0.6) is 0 Å². The fourth-order valence-corrected chi connectivity index (χ4v) is 3.19. The highest BCUT2D eigenvalue weighted by atomic mass is 79.9. The van der Waals surface area contributed by atoms with Gasteiger partial charge in [0.2, 0.25) is 0 Å². The molecule has 1 aromatic rings. The molecule has 0 aliphatic carbocycles. The van der Waals surface area contributed by atoms with Gasteiger partial charge in [-0.05, 0) is 47.5 Å². The Bertz CT molecular complexity index is 456. The lowest BCUT2D eigenvalue weighted by atomic mass is 10.1. The summed E-state index contributed by atoms with van der Waals surface area (Å²) in [7, 11) is 1.72. The first-order valence-electron chi connectivity index (χ1n) is 7.48. The van der Waals surface area contributed by atoms with E-state index in [2.05, 4.69) is 58.2 Å². The molecule has 0 saturated carbocycles. The van der Waals surface area contributed by atoms with Crippen molar-refractivity contribution in [3.8, 4) is 0 Å². The molecular formula is C16H25BrN2O2. The van der Waals surface area contributed by atoms with Crippen LogP contribution in [0, 0.1) is 0 Å². The summed E-state index contributed by atoms with van der Waals surface area (Å²) in [4.78, 5) is 2.42. The highest BCUT2D eigenvalue weighted by Crippen LogP contribution is 2.30. The van der Waals surface area contributed by atoms with Crippen LogP contribution in [0.1, 0.15) is 19.4 Å². The first kappa shape index (κ1) is 16.7. The van der Waals surface area contributed by atoms with Crippen molar-refractivity contribution in [2.45, 2.75) is 32.5 Å². The highest BCUT2D eigenvalue weighted by Gasteiger charge is 2.24. The summed E-state index contributed by atoms with van der Waals surface area (Å²) >= 11 is 3.72. The number of benzene rings is 1. The van der Waals surface area contributed by atoms with E-state index in [-0.39, 0.29) is 6.10 Å². The molecule has 1 heterocycles. The average molecular weight is 357 g/mol. The lowest BCUT2D eigenvalue weighted by molar-refractivity contribution is 0.0343. The van der Waals surface area contributed by atoms with Crippen molar-refractivity contribution in [2.75, 3.05) is 38.3 Å². The predicted octanol–water partition coefficient (Wildman–Crippen LogP) is 2.80. The molecule has 2 unspecified atom stereocenters. The molecule has 0 aromatic heterocycles. The van der Waals surface area contributed by atoms with Gasteiger partial charge in [-0.2, -0.15) is 0 Å². The zero-order valence-electron chi connectivity index (χ0n) is 13.1. The van der Waals surface area contributed by atoms with Crippen molar-refractivity contribution in [3.05, 3.63) is 28.2 Å². The van der Waals surface area contributed by atoms with Crippen molar-refractivity contribution in [2.24, 2.45) is 0 Å². The molecule has 0 spiro atoms. The minimum atomic E-state index is 0.281. The number of halogens is 1. The van der Waals surface area contributed by atoms with Gasteiger partial charge in [0.1, 0.15) is 0 Å². The molecule has 1 N–H and O–H groups in total. The molecule has 4 nitrogen and oxygen atoms in total. The number of anilines is 1. The van der Waals surface area contributed by atoms with E-state index in [1.807, 2.05) is 0 Å². The van der Waals surface area contributed by atoms with Gasteiger partial charge >= 0.3 is 0 Å². The van der Waals surface area contributed by atoms with Crippen LogP contribution in [0.2, 0.25) is 0 Å². The Morgan fingerprint density at radius 3 is 2.95 bits per heavy atom. The standard InChI is InChI=1S/C16H25BrN2O2/c1-12-11-21-13(2)10-19(12)16-5-4-14(8-15(16)17)9-18-6-7-20-3/h4-5,8,12-13,18H,6-7,9-11H2,1-3H3. The maximum absolute atomic E-state index is 5.70. The number of hydrogen-bond donors (Lipinski definition) is 1. The van der Waals surface area contributed by atoms with Crippen molar-refractivity contribution >= 4 is 21.6 Å². The second-order valence-electron chi connectivity index (χ2n) is 5.60. The van der Waals surface area contributed by atoms with Crippen LogP contribution in [0.3, 0.4) is 0 Å². The van der Waals surface area contributed by atoms with E-state index in [9.17, 15) is 0 Å². The molecular weight excluding hydrogens is 332 g/mol. The molecule has 0 amide bonds. The van der Waals surface area contributed by atoms with E-state index in [1.54, 1.807) is 7.11 Å². The highest BCUT2D eigenvalue weighted by molar-refractivity contribution is 9.10. The topological polar surface area (TPSA) is 33.7 Å². The maximum atomic E-state index is 5.70. The fraction of sp³-hybridized carbons (Fsp3) is 0.625. The van der Waals surface area contributed by atoms with Crippen molar-refractivity contribution in [3.63, 3.8) is 0 Å². The summed E-state index contributed by atoms with van der Waals surface area (Å²) < 4.78 is 11.9. The van der Waals surface area contributed by atoms with Gasteiger partial charge in [0.15, 0.2) is 0 Å². The number of rotatable bonds is 6. The molecule has 1 saturated heterocycles. The molecule has 1 aliphatic heterocycles. The number of nitrogens with zero attached hydrogens (tertiary/aromatic N) is 1. The third-order valence-corrected chi connectivity index (χ3v) is 4.38. The zero-order valence-corrected chi connectivity index (χ0v) is 14.6. The average Bonchev–Trinajstić information content (AvgIpc) is 2.47. The lowest BCUT2D eigenvalue weighted by Gasteiger charge is -2.39. The van der Waals surface area contributed by atoms with Crippen LogP contribution in [0.4, 0.5) is 5.69 Å². The number of methoxy groups -OCH3 is 1. The molecule has 2 atom stereocenters. The molecule has 1 fully saturated rings. The molecule has 1 aromatic carbocycles. The first-order valence-corrected chi connectivity index (χ1v) is 8.27. The summed E-state index contributed by atoms with van der Waals surface area (Å²) in [6.45, 7) is 8.52. The third kappa shape index (κ3) is 4.68. The number of nitrogens with one attached hydrogen (secondary N) is 1. The van der Waals surface area contributed by atoms with Crippen molar-refractivity contribution in [1.29, 1.82) is 0 Å². The van der Waals surface area contributed by atoms with Gasteiger partial charge in [-0.25, -0.2) is 0 Å². The fourth-order valence-electron chi connectivity index (χ4n) is 2.54. The summed E-state index contributed by atoms with van der Waals surface area (Å²) in [5.74, 6) is 0. The van der Waals surface area contributed by atoms with Crippen LogP contribution in [0.25, 0.3) is 0 Å². The zero-order chi connectivity index (χ0) is 15.2. The van der Waals surface area contributed by atoms with Gasteiger partial charge in [-0.3, -0.25) is 0 Å². The van der Waals surface area contributed by atoms with Crippen molar-refractivity contribution in [1.82, 2.24) is 5.32 Å².